The number of phosphoric acid groups is 3. The predicted octanol–water partition coefficient (Wildman–Crippen LogP) is 20.7. The minimum absolute atomic E-state index is 0. The van der Waals surface area contributed by atoms with Crippen LogP contribution >= 0.6 is 23.5 Å². The zero-order valence-electron chi connectivity index (χ0n) is 54.0. The van der Waals surface area contributed by atoms with E-state index < -0.39 is 23.5 Å². The molecule has 0 heterocycles. The fourth-order valence-corrected chi connectivity index (χ4v) is 9.32. The van der Waals surface area contributed by atoms with Gasteiger partial charge in [0.15, 0.2) is 0 Å². The Morgan fingerprint density at radius 3 is 0.494 bits per heavy atom. The van der Waals surface area contributed by atoms with Crippen molar-refractivity contribution in [2.24, 2.45) is 53.3 Å². The molecular formula is C60H132AlO12P3Y. The van der Waals surface area contributed by atoms with Crippen LogP contribution in [0.4, 0.5) is 0 Å². The van der Waals surface area contributed by atoms with Gasteiger partial charge in [0, 0.05) is 32.7 Å². The van der Waals surface area contributed by atoms with Crippen molar-refractivity contribution >= 4 is 40.8 Å². The maximum atomic E-state index is 11.9. The Hall–Kier alpha value is 1.97. The van der Waals surface area contributed by atoms with E-state index in [1.54, 1.807) is 0 Å². The Balaban J connectivity index is -0.000000137. The van der Waals surface area contributed by atoms with Crippen molar-refractivity contribution in [1.29, 1.82) is 0 Å². The van der Waals surface area contributed by atoms with Gasteiger partial charge in [-0.2, -0.15) is 17.8 Å². The van der Waals surface area contributed by atoms with Crippen molar-refractivity contribution < 1.29 is 88.2 Å². The molecule has 0 aromatic carbocycles. The van der Waals surface area contributed by atoms with Crippen molar-refractivity contribution in [1.82, 2.24) is 0 Å². The molecule has 0 saturated heterocycles. The van der Waals surface area contributed by atoms with Crippen LogP contribution in [0.1, 0.15) is 279 Å². The molecule has 465 valence electrons. The molecule has 0 aromatic heterocycles. The molecule has 0 aliphatic rings. The topological polar surface area (TPSA) is 167 Å². The molecule has 0 saturated carbocycles. The predicted molar refractivity (Wildman–Crippen MR) is 331 cm³/mol. The standard InChI is InChI=1S/3C16H35O4P.3C4H9.Al.Y/c3*1-5-9-11-15(7-3)13-19-21(17,18)20-14-16(8-4)12-10-6-2;3*1-4(2)3;;/h3*15-16H,5-14H2,1-4H3,(H,17,18);3*4H,1H2,2-3H3;;/q;;;3*-1;+3;. The average molecular weight is 1250 g/mol. The van der Waals surface area contributed by atoms with Crippen molar-refractivity contribution in [3.05, 3.63) is 20.8 Å². The normalized spacial score (nSPS) is 15.6. The van der Waals surface area contributed by atoms with E-state index in [1.165, 1.54) is 0 Å². The Morgan fingerprint density at radius 2 is 0.416 bits per heavy atom. The number of rotatable bonds is 42. The van der Waals surface area contributed by atoms with Crippen molar-refractivity contribution in [2.75, 3.05) is 39.6 Å². The molecule has 0 amide bonds. The van der Waals surface area contributed by atoms with E-state index in [-0.39, 0.29) is 50.1 Å². The molecule has 1 radical (unpaired) electrons. The van der Waals surface area contributed by atoms with Gasteiger partial charge in [-0.05, 0) is 74.0 Å². The van der Waals surface area contributed by atoms with Gasteiger partial charge in [0.1, 0.15) is 0 Å². The van der Waals surface area contributed by atoms with Gasteiger partial charge in [-0.15, -0.1) is 0 Å². The summed E-state index contributed by atoms with van der Waals surface area (Å²) < 4.78 is 66.7. The van der Waals surface area contributed by atoms with Crippen LogP contribution in [-0.4, -0.2) is 71.7 Å². The molecule has 17 heteroatoms. The molecule has 12 nitrogen and oxygen atoms in total. The van der Waals surface area contributed by atoms with Gasteiger partial charge >= 0.3 is 40.8 Å². The number of unbranched alkanes of at least 4 members (excludes halogenated alkanes) is 6. The molecule has 0 aromatic rings. The zero-order valence-corrected chi connectivity index (χ0v) is 60.7. The number of phosphoric ester groups is 3. The summed E-state index contributed by atoms with van der Waals surface area (Å²) in [6.07, 6.45) is 25.7. The second kappa shape index (κ2) is 67.1. The third-order valence-electron chi connectivity index (χ3n) is 12.1. The molecule has 6 atom stereocenters. The molecule has 0 bridgehead atoms. The van der Waals surface area contributed by atoms with Crippen LogP contribution in [0.25, 0.3) is 0 Å². The van der Waals surface area contributed by atoms with E-state index in [4.69, 9.17) is 27.1 Å². The first kappa shape index (κ1) is 95.3. The van der Waals surface area contributed by atoms with Gasteiger partial charge in [0.05, 0.1) is 39.6 Å². The summed E-state index contributed by atoms with van der Waals surface area (Å²) in [5, 5.41) is 0. The Labute approximate surface area is 517 Å². The van der Waals surface area contributed by atoms with Gasteiger partial charge in [0.2, 0.25) is 0 Å². The summed E-state index contributed by atoms with van der Waals surface area (Å²) in [6.45, 7) is 50.6. The van der Waals surface area contributed by atoms with E-state index in [0.717, 1.165) is 154 Å². The third kappa shape index (κ3) is 82.2. The molecule has 77 heavy (non-hydrogen) atoms. The van der Waals surface area contributed by atoms with E-state index in [2.05, 4.69) is 145 Å². The first-order valence-electron chi connectivity index (χ1n) is 30.5. The van der Waals surface area contributed by atoms with Gasteiger partial charge in [-0.3, -0.25) is 27.1 Å². The monoisotopic (exact) mass is 1250 g/mol. The second-order valence-electron chi connectivity index (χ2n) is 21.9. The molecule has 6 unspecified atom stereocenters. The van der Waals surface area contributed by atoms with Gasteiger partial charge in [0.25, 0.3) is 0 Å². The van der Waals surface area contributed by atoms with E-state index in [9.17, 15) is 28.4 Å². The smallest absolute Gasteiger partial charge is 0.341 e. The largest absolute Gasteiger partial charge is 3.00 e. The fourth-order valence-electron chi connectivity index (χ4n) is 6.70. The summed E-state index contributed by atoms with van der Waals surface area (Å²) in [6, 6.07) is 0. The molecule has 0 aliphatic carbocycles. The molecule has 3 N–H and O–H groups in total. The van der Waals surface area contributed by atoms with Crippen LogP contribution in [0.5, 0.6) is 0 Å². The van der Waals surface area contributed by atoms with E-state index in [0.29, 0.717) is 92.9 Å². The number of hydrogen-bond acceptors (Lipinski definition) is 9. The Bertz CT molecular complexity index is 1040. The maximum absolute atomic E-state index is 11.9. The summed E-state index contributed by atoms with van der Waals surface area (Å²) in [5.74, 6) is 3.81. The first-order valence-corrected chi connectivity index (χ1v) is 35.0. The summed E-state index contributed by atoms with van der Waals surface area (Å²) in [7, 11) is -11.7. The maximum Gasteiger partial charge on any atom is 3.00 e. The van der Waals surface area contributed by atoms with Crippen molar-refractivity contribution in [2.45, 2.75) is 279 Å². The van der Waals surface area contributed by atoms with Crippen molar-refractivity contribution in [3.63, 3.8) is 0 Å². The summed E-state index contributed by atoms with van der Waals surface area (Å²) in [4.78, 5) is 29.3. The summed E-state index contributed by atoms with van der Waals surface area (Å²) in [5.41, 5.74) is 0. The fraction of sp³-hybridized carbons (Fsp3) is 0.950. The van der Waals surface area contributed by atoms with Gasteiger partial charge in [-0.1, -0.05) is 240 Å². The first-order chi connectivity index (χ1) is 35.2. The van der Waals surface area contributed by atoms with E-state index in [1.807, 2.05) is 0 Å². The zero-order chi connectivity index (χ0) is 59.2. The SMILES string of the molecule is CCCCC(CC)COP(=O)(O)OCC(CC)CCCC.CCCCC(CC)COP(=O)(O)OCC(CC)CCCC.CCCCC(CC)COP(=O)(O)OCC(CC)CCCC.[Al+3].[CH2-]C(C)C.[CH2-]C(C)C.[CH2-]C(C)C.[Y]. The second-order valence-corrected chi connectivity index (χ2v) is 26.2. The average Bonchev–Trinajstić information content (AvgIpc) is 3.34. The Morgan fingerprint density at radius 1 is 0.312 bits per heavy atom. The van der Waals surface area contributed by atoms with Crippen LogP contribution in [0.2, 0.25) is 0 Å². The van der Waals surface area contributed by atoms with Crippen LogP contribution in [0.3, 0.4) is 0 Å². The van der Waals surface area contributed by atoms with E-state index >= 15 is 0 Å². The molecular weight excluding hydrogens is 1120 g/mol. The minimum atomic E-state index is -3.89. The van der Waals surface area contributed by atoms with Crippen LogP contribution in [0, 0.1) is 74.0 Å². The van der Waals surface area contributed by atoms with Gasteiger partial charge in [-0.25, -0.2) is 13.7 Å². The molecule has 0 rings (SSSR count). The summed E-state index contributed by atoms with van der Waals surface area (Å²) >= 11 is 0. The molecule has 0 aliphatic heterocycles. The third-order valence-corrected chi connectivity index (χ3v) is 15.0. The van der Waals surface area contributed by atoms with Crippen LogP contribution in [-0.2, 0) is 73.5 Å². The Kier molecular flexibility index (Phi) is 83.1. The van der Waals surface area contributed by atoms with Crippen molar-refractivity contribution in [3.8, 4) is 0 Å². The number of hydrogen-bond donors (Lipinski definition) is 3. The quantitative estimate of drug-likeness (QED) is 0.0301. The van der Waals surface area contributed by atoms with Gasteiger partial charge < -0.3 is 35.5 Å². The van der Waals surface area contributed by atoms with Crippen LogP contribution < -0.4 is 0 Å². The van der Waals surface area contributed by atoms with Crippen LogP contribution in [0.15, 0.2) is 0 Å². The molecule has 0 fully saturated rings. The molecule has 0 spiro atoms. The minimum Gasteiger partial charge on any atom is -0.341 e.